The number of aldehydes is 1. The number of hydrogen-bond acceptors (Lipinski definition) is 3. The predicted octanol–water partition coefficient (Wildman–Crippen LogP) is 2.86. The molecule has 0 radical (unpaired) electrons. The van der Waals surface area contributed by atoms with Crippen molar-refractivity contribution < 1.29 is 13.9 Å². The Balaban J connectivity index is 2.81. The van der Waals surface area contributed by atoms with Crippen molar-refractivity contribution in [2.24, 2.45) is 0 Å². The molecule has 0 amide bonds. The maximum absolute atomic E-state index is 12.9. The Morgan fingerprint density at radius 3 is 2.93 bits per heavy atom. The number of carbonyl (C=O) groups is 1. The number of thiophene rings is 1. The van der Waals surface area contributed by atoms with Crippen molar-refractivity contribution in [3.05, 3.63) is 29.6 Å². The summed E-state index contributed by atoms with van der Waals surface area (Å²) in [6.45, 7) is 0. The molecule has 0 unspecified atom stereocenters. The van der Waals surface area contributed by atoms with Gasteiger partial charge in [-0.2, -0.15) is 0 Å². The molecule has 0 N–H and O–H groups in total. The van der Waals surface area contributed by atoms with E-state index in [1.807, 2.05) is 0 Å². The smallest absolute Gasteiger partial charge is 0.185 e. The number of halogens is 1. The molecule has 2 rings (SSSR count). The normalized spacial score (nSPS) is 10.4. The van der Waals surface area contributed by atoms with Gasteiger partial charge in [0.15, 0.2) is 11.3 Å². The molecule has 0 saturated carbocycles. The minimum Gasteiger partial charge on any atom is -0.487 e. The summed E-state index contributed by atoms with van der Waals surface area (Å²) in [5.41, 5.74) is 0.423. The van der Waals surface area contributed by atoms with Crippen LogP contribution in [0.4, 0.5) is 4.39 Å². The molecule has 0 spiro atoms. The van der Waals surface area contributed by atoms with Crippen LogP contribution in [0.2, 0.25) is 0 Å². The molecular weight excluding hydrogens is 203 g/mol. The van der Waals surface area contributed by atoms with Crippen molar-refractivity contribution in [2.75, 3.05) is 7.11 Å². The summed E-state index contributed by atoms with van der Waals surface area (Å²) in [7, 11) is 1.49. The zero-order valence-electron chi connectivity index (χ0n) is 7.41. The Morgan fingerprint density at radius 2 is 2.29 bits per heavy atom. The largest absolute Gasteiger partial charge is 0.487 e. The fraction of sp³-hybridized carbons (Fsp3) is 0.100. The second-order valence-corrected chi connectivity index (χ2v) is 3.78. The number of benzene rings is 1. The van der Waals surface area contributed by atoms with Crippen LogP contribution < -0.4 is 4.74 Å². The van der Waals surface area contributed by atoms with E-state index in [0.29, 0.717) is 22.3 Å². The molecule has 72 valence electrons. The summed E-state index contributed by atoms with van der Waals surface area (Å²) in [5.74, 6) is -0.346. The lowest BCUT2D eigenvalue weighted by Gasteiger charge is -1.93. The van der Waals surface area contributed by atoms with Crippen molar-refractivity contribution in [1.29, 1.82) is 0 Å². The molecule has 1 aromatic carbocycles. The molecule has 0 bridgehead atoms. The fourth-order valence-corrected chi connectivity index (χ4v) is 2.30. The minimum absolute atomic E-state index is 0.346. The first kappa shape index (κ1) is 9.15. The SMILES string of the molecule is COc1sc2ccc(F)cc2c1C=O. The van der Waals surface area contributed by atoms with Gasteiger partial charge in [-0.05, 0) is 18.2 Å². The fourth-order valence-electron chi connectivity index (χ4n) is 1.33. The third-order valence-electron chi connectivity index (χ3n) is 1.96. The number of methoxy groups -OCH3 is 1. The van der Waals surface area contributed by atoms with Crippen LogP contribution >= 0.6 is 11.3 Å². The second-order valence-electron chi connectivity index (χ2n) is 2.77. The van der Waals surface area contributed by atoms with Crippen LogP contribution in [0.3, 0.4) is 0 Å². The molecule has 0 fully saturated rings. The van der Waals surface area contributed by atoms with Crippen molar-refractivity contribution in [1.82, 2.24) is 0 Å². The number of hydrogen-bond donors (Lipinski definition) is 0. The molecule has 0 saturated heterocycles. The number of ether oxygens (including phenoxy) is 1. The van der Waals surface area contributed by atoms with Gasteiger partial charge < -0.3 is 4.74 Å². The predicted molar refractivity (Wildman–Crippen MR) is 53.7 cm³/mol. The van der Waals surface area contributed by atoms with E-state index in [9.17, 15) is 9.18 Å². The van der Waals surface area contributed by atoms with Gasteiger partial charge in [0.25, 0.3) is 0 Å². The highest BCUT2D eigenvalue weighted by Crippen LogP contribution is 2.36. The van der Waals surface area contributed by atoms with Gasteiger partial charge in [0.2, 0.25) is 0 Å². The quantitative estimate of drug-likeness (QED) is 0.712. The third kappa shape index (κ3) is 1.28. The Bertz CT molecular complexity index is 490. The highest BCUT2D eigenvalue weighted by atomic mass is 32.1. The van der Waals surface area contributed by atoms with Gasteiger partial charge >= 0.3 is 0 Å². The lowest BCUT2D eigenvalue weighted by atomic mass is 10.2. The zero-order chi connectivity index (χ0) is 10.1. The first-order chi connectivity index (χ1) is 6.76. The van der Waals surface area contributed by atoms with Crippen molar-refractivity contribution >= 4 is 27.7 Å². The number of carbonyl (C=O) groups excluding carboxylic acids is 1. The first-order valence-corrected chi connectivity index (χ1v) is 4.79. The average molecular weight is 210 g/mol. The number of fused-ring (bicyclic) bond motifs is 1. The van der Waals surface area contributed by atoms with Crippen LogP contribution in [0.25, 0.3) is 10.1 Å². The summed E-state index contributed by atoms with van der Waals surface area (Å²) < 4.78 is 18.8. The molecule has 4 heteroatoms. The summed E-state index contributed by atoms with van der Waals surface area (Å²) in [6.07, 6.45) is 0.692. The summed E-state index contributed by atoms with van der Waals surface area (Å²) in [4.78, 5) is 10.8. The molecule has 2 nitrogen and oxygen atoms in total. The Morgan fingerprint density at radius 1 is 1.50 bits per heavy atom. The standard InChI is InChI=1S/C10H7FO2S/c1-13-10-8(5-12)7-4-6(11)2-3-9(7)14-10/h2-5H,1H3. The van der Waals surface area contributed by atoms with E-state index < -0.39 is 0 Å². The first-order valence-electron chi connectivity index (χ1n) is 3.97. The monoisotopic (exact) mass is 210 g/mol. The van der Waals surface area contributed by atoms with E-state index >= 15 is 0 Å². The van der Waals surface area contributed by atoms with Gasteiger partial charge in [-0.3, -0.25) is 4.79 Å². The van der Waals surface area contributed by atoms with Crippen LogP contribution in [0, 0.1) is 5.82 Å². The van der Waals surface area contributed by atoms with Crippen molar-refractivity contribution in [3.63, 3.8) is 0 Å². The van der Waals surface area contributed by atoms with Gasteiger partial charge in [-0.15, -0.1) is 0 Å². The van der Waals surface area contributed by atoms with Crippen molar-refractivity contribution in [2.45, 2.75) is 0 Å². The number of rotatable bonds is 2. The highest BCUT2D eigenvalue weighted by Gasteiger charge is 2.12. The second kappa shape index (κ2) is 3.38. The van der Waals surface area contributed by atoms with Crippen LogP contribution in [-0.2, 0) is 0 Å². The van der Waals surface area contributed by atoms with Crippen LogP contribution in [0.5, 0.6) is 5.06 Å². The highest BCUT2D eigenvalue weighted by molar-refractivity contribution is 7.21. The van der Waals surface area contributed by atoms with Gasteiger partial charge in [-0.25, -0.2) is 4.39 Å². The minimum atomic E-state index is -0.346. The van der Waals surface area contributed by atoms with E-state index in [2.05, 4.69) is 0 Å². The van der Waals surface area contributed by atoms with Gasteiger partial charge in [0, 0.05) is 10.1 Å². The average Bonchev–Trinajstić information content (AvgIpc) is 2.54. The molecule has 2 aromatic rings. The van der Waals surface area contributed by atoms with Crippen molar-refractivity contribution in [3.8, 4) is 5.06 Å². The maximum atomic E-state index is 12.9. The van der Waals surface area contributed by atoms with Crippen LogP contribution in [0.15, 0.2) is 18.2 Å². The lowest BCUT2D eigenvalue weighted by Crippen LogP contribution is -1.84. The molecule has 0 atom stereocenters. The molecule has 1 aromatic heterocycles. The summed E-state index contributed by atoms with van der Waals surface area (Å²) in [6, 6.07) is 4.36. The van der Waals surface area contributed by atoms with Crippen LogP contribution in [-0.4, -0.2) is 13.4 Å². The summed E-state index contributed by atoms with van der Waals surface area (Å²) >= 11 is 1.34. The molecule has 0 aliphatic rings. The molecular formula is C10H7FO2S. The Labute approximate surface area is 83.9 Å². The molecule has 1 heterocycles. The molecule has 0 aliphatic heterocycles. The van der Waals surface area contributed by atoms with E-state index in [0.717, 1.165) is 4.70 Å². The maximum Gasteiger partial charge on any atom is 0.185 e. The Hall–Kier alpha value is -1.42. The Kier molecular flexibility index (Phi) is 2.21. The van der Waals surface area contributed by atoms with E-state index in [1.54, 1.807) is 6.07 Å². The van der Waals surface area contributed by atoms with Gasteiger partial charge in [0.05, 0.1) is 12.7 Å². The van der Waals surface area contributed by atoms with Gasteiger partial charge in [-0.1, -0.05) is 11.3 Å². The van der Waals surface area contributed by atoms with E-state index in [1.165, 1.54) is 30.6 Å². The van der Waals surface area contributed by atoms with Crippen LogP contribution in [0.1, 0.15) is 10.4 Å². The van der Waals surface area contributed by atoms with E-state index in [-0.39, 0.29) is 5.82 Å². The molecule has 14 heavy (non-hydrogen) atoms. The lowest BCUT2D eigenvalue weighted by molar-refractivity contribution is 0.112. The third-order valence-corrected chi connectivity index (χ3v) is 3.11. The summed E-state index contributed by atoms with van der Waals surface area (Å²) in [5, 5.41) is 1.14. The zero-order valence-corrected chi connectivity index (χ0v) is 8.23. The molecule has 0 aliphatic carbocycles. The topological polar surface area (TPSA) is 26.3 Å². The van der Waals surface area contributed by atoms with E-state index in [4.69, 9.17) is 4.74 Å². The van der Waals surface area contributed by atoms with Gasteiger partial charge in [0.1, 0.15) is 5.82 Å².